The molecule has 4 N–H and O–H groups in total. The van der Waals surface area contributed by atoms with Gasteiger partial charge in [-0.2, -0.15) is 4.99 Å². The molecule has 2 heterocycles. The van der Waals surface area contributed by atoms with E-state index in [-0.39, 0.29) is 23.6 Å². The highest BCUT2D eigenvalue weighted by atomic mass is 19.2. The van der Waals surface area contributed by atoms with Crippen LogP contribution in [0.1, 0.15) is 6.42 Å². The number of hydrogen-bond donors (Lipinski definition) is 2. The zero-order chi connectivity index (χ0) is 16.7. The van der Waals surface area contributed by atoms with Crippen molar-refractivity contribution in [2.24, 2.45) is 22.4 Å². The first-order chi connectivity index (χ1) is 10.9. The Morgan fingerprint density at radius 3 is 2.78 bits per heavy atom. The van der Waals surface area contributed by atoms with Gasteiger partial charge < -0.3 is 11.5 Å². The van der Waals surface area contributed by atoms with Gasteiger partial charge in [0.2, 0.25) is 0 Å². The molecule has 0 radical (unpaired) electrons. The average Bonchev–Trinajstić information content (AvgIpc) is 2.86. The van der Waals surface area contributed by atoms with Crippen LogP contribution in [0.4, 0.5) is 8.78 Å². The summed E-state index contributed by atoms with van der Waals surface area (Å²) in [6.07, 6.45) is 2.24. The SMILES string of the molecule is NC(N)=NC(=O)C1=CC2CCN3CC(=O)C=C(F)C(F)C(=C1)C23. The summed E-state index contributed by atoms with van der Waals surface area (Å²) in [5.74, 6) is -2.86. The largest absolute Gasteiger partial charge is 0.370 e. The summed E-state index contributed by atoms with van der Waals surface area (Å²) in [4.78, 5) is 28.9. The van der Waals surface area contributed by atoms with Crippen LogP contribution in [0.5, 0.6) is 0 Å². The molecule has 0 bridgehead atoms. The van der Waals surface area contributed by atoms with Gasteiger partial charge in [0.25, 0.3) is 5.91 Å². The Hall–Kier alpha value is -2.35. The molecule has 2 aliphatic heterocycles. The van der Waals surface area contributed by atoms with Crippen LogP contribution in [0.3, 0.4) is 0 Å². The van der Waals surface area contributed by atoms with Gasteiger partial charge in [-0.05, 0) is 30.5 Å². The summed E-state index contributed by atoms with van der Waals surface area (Å²) < 4.78 is 28.4. The lowest BCUT2D eigenvalue weighted by Gasteiger charge is -2.34. The highest BCUT2D eigenvalue weighted by Gasteiger charge is 2.43. The number of amides is 1. The molecule has 0 aromatic rings. The first-order valence-corrected chi connectivity index (χ1v) is 7.22. The fraction of sp³-hybridized carbons (Fsp3) is 0.400. The van der Waals surface area contributed by atoms with Gasteiger partial charge in [-0.25, -0.2) is 8.78 Å². The van der Waals surface area contributed by atoms with E-state index in [0.717, 1.165) is 0 Å². The van der Waals surface area contributed by atoms with Crippen molar-refractivity contribution in [1.29, 1.82) is 0 Å². The molecule has 1 fully saturated rings. The lowest BCUT2D eigenvalue weighted by atomic mass is 9.82. The van der Waals surface area contributed by atoms with Gasteiger partial charge in [0.05, 0.1) is 6.54 Å². The molecule has 1 aliphatic carbocycles. The molecule has 0 aromatic heterocycles. The lowest BCUT2D eigenvalue weighted by molar-refractivity contribution is -0.116. The quantitative estimate of drug-likeness (QED) is 0.527. The van der Waals surface area contributed by atoms with Crippen LogP contribution < -0.4 is 11.5 Å². The van der Waals surface area contributed by atoms with Crippen molar-refractivity contribution in [3.8, 4) is 0 Å². The van der Waals surface area contributed by atoms with Crippen LogP contribution in [0.2, 0.25) is 0 Å². The zero-order valence-corrected chi connectivity index (χ0v) is 12.2. The van der Waals surface area contributed by atoms with Crippen molar-refractivity contribution in [1.82, 2.24) is 4.90 Å². The molecular weight excluding hydrogens is 306 g/mol. The fourth-order valence-corrected chi connectivity index (χ4v) is 3.41. The highest BCUT2D eigenvalue weighted by molar-refractivity contribution is 6.03. The number of nitrogens with zero attached hydrogens (tertiary/aromatic N) is 2. The van der Waals surface area contributed by atoms with Gasteiger partial charge in [-0.15, -0.1) is 0 Å². The Labute approximate surface area is 131 Å². The smallest absolute Gasteiger partial charge is 0.279 e. The van der Waals surface area contributed by atoms with Gasteiger partial charge in [0, 0.05) is 17.7 Å². The molecule has 3 unspecified atom stereocenters. The van der Waals surface area contributed by atoms with Gasteiger partial charge in [0.15, 0.2) is 17.9 Å². The minimum absolute atomic E-state index is 0.0314. The maximum absolute atomic E-state index is 14.5. The van der Waals surface area contributed by atoms with Crippen LogP contribution in [-0.2, 0) is 9.59 Å². The molecule has 6 nitrogen and oxygen atoms in total. The third kappa shape index (κ3) is 2.81. The minimum Gasteiger partial charge on any atom is -0.370 e. The molecule has 3 rings (SSSR count). The second-order valence-corrected chi connectivity index (χ2v) is 5.83. The maximum atomic E-state index is 14.5. The van der Waals surface area contributed by atoms with Crippen LogP contribution in [0.15, 0.2) is 40.2 Å². The number of carbonyl (C=O) groups excluding carboxylic acids is 2. The van der Waals surface area contributed by atoms with Gasteiger partial charge in [0.1, 0.15) is 5.83 Å². The average molecular weight is 322 g/mol. The number of carbonyl (C=O) groups is 2. The lowest BCUT2D eigenvalue weighted by Crippen LogP contribution is -2.42. The van der Waals surface area contributed by atoms with Crippen LogP contribution >= 0.6 is 0 Å². The molecule has 0 aromatic carbocycles. The second-order valence-electron chi connectivity index (χ2n) is 5.83. The molecular formula is C15H16F2N4O2. The van der Waals surface area contributed by atoms with Crippen molar-refractivity contribution in [3.63, 3.8) is 0 Å². The summed E-state index contributed by atoms with van der Waals surface area (Å²) in [5, 5.41) is 0. The number of allylic oxidation sites excluding steroid dienone is 1. The van der Waals surface area contributed by atoms with Gasteiger partial charge >= 0.3 is 0 Å². The van der Waals surface area contributed by atoms with E-state index in [9.17, 15) is 18.4 Å². The maximum Gasteiger partial charge on any atom is 0.279 e. The molecule has 122 valence electrons. The van der Waals surface area contributed by atoms with Crippen molar-refractivity contribution >= 4 is 17.6 Å². The molecule has 3 atom stereocenters. The van der Waals surface area contributed by atoms with Gasteiger partial charge in [-0.1, -0.05) is 6.08 Å². The first-order valence-electron chi connectivity index (χ1n) is 7.22. The second kappa shape index (κ2) is 5.69. The molecule has 8 heteroatoms. The third-order valence-corrected chi connectivity index (χ3v) is 4.28. The standard InChI is InChI=1S/C15H16F2N4O2/c16-11-5-9(22)6-21-2-1-7-3-8(14(23)20-15(18)19)4-10(12(11)17)13(7)21/h3-5,7,12-13H,1-2,6H2,(H4,18,19,20,23). The van der Waals surface area contributed by atoms with E-state index in [1.165, 1.54) is 6.08 Å². The highest BCUT2D eigenvalue weighted by Crippen LogP contribution is 2.40. The Kier molecular flexibility index (Phi) is 3.85. The van der Waals surface area contributed by atoms with Crippen LogP contribution in [0.25, 0.3) is 0 Å². The van der Waals surface area contributed by atoms with Crippen molar-refractivity contribution in [3.05, 3.63) is 35.2 Å². The number of halogens is 2. The number of ketones is 1. The zero-order valence-electron chi connectivity index (χ0n) is 12.2. The van der Waals surface area contributed by atoms with Crippen molar-refractivity contribution < 1.29 is 18.4 Å². The van der Waals surface area contributed by atoms with Crippen molar-refractivity contribution in [2.45, 2.75) is 18.6 Å². The number of guanidine groups is 1. The fourth-order valence-electron chi connectivity index (χ4n) is 3.41. The predicted molar refractivity (Wildman–Crippen MR) is 79.5 cm³/mol. The predicted octanol–water partition coefficient (Wildman–Crippen LogP) is 0.118. The normalized spacial score (nSPS) is 30.4. The molecule has 0 saturated carbocycles. The molecule has 0 spiro atoms. The van der Waals surface area contributed by atoms with E-state index in [0.29, 0.717) is 19.0 Å². The summed E-state index contributed by atoms with van der Waals surface area (Å²) >= 11 is 0. The minimum atomic E-state index is -2.05. The Morgan fingerprint density at radius 1 is 1.35 bits per heavy atom. The molecule has 3 aliphatic rings. The summed E-state index contributed by atoms with van der Waals surface area (Å²) in [6, 6.07) is -0.427. The van der Waals surface area contributed by atoms with E-state index in [2.05, 4.69) is 4.99 Å². The number of alkyl halides is 1. The van der Waals surface area contributed by atoms with E-state index >= 15 is 0 Å². The Balaban J connectivity index is 2.04. The van der Waals surface area contributed by atoms with E-state index in [1.54, 1.807) is 6.08 Å². The van der Waals surface area contributed by atoms with E-state index in [4.69, 9.17) is 11.5 Å². The third-order valence-electron chi connectivity index (χ3n) is 4.28. The topological polar surface area (TPSA) is 102 Å². The van der Waals surface area contributed by atoms with Crippen LogP contribution in [0, 0.1) is 5.92 Å². The molecule has 1 amide bonds. The van der Waals surface area contributed by atoms with E-state index in [1.807, 2.05) is 4.90 Å². The first kappa shape index (κ1) is 15.5. The van der Waals surface area contributed by atoms with Gasteiger partial charge in [-0.3, -0.25) is 14.5 Å². The number of rotatable bonds is 1. The monoisotopic (exact) mass is 322 g/mol. The summed E-state index contributed by atoms with van der Waals surface area (Å²) in [7, 11) is 0. The summed E-state index contributed by atoms with van der Waals surface area (Å²) in [5.41, 5.74) is 10.6. The van der Waals surface area contributed by atoms with E-state index < -0.39 is 35.7 Å². The van der Waals surface area contributed by atoms with Crippen LogP contribution in [-0.4, -0.2) is 47.9 Å². The van der Waals surface area contributed by atoms with Crippen molar-refractivity contribution in [2.75, 3.05) is 13.1 Å². The molecule has 23 heavy (non-hydrogen) atoms. The number of nitrogens with two attached hydrogens (primary N) is 2. The number of hydrogen-bond acceptors (Lipinski definition) is 3. The Bertz CT molecular complexity index is 692. The Morgan fingerprint density at radius 2 is 2.09 bits per heavy atom. The number of aliphatic imine (C=N–C) groups is 1. The summed E-state index contributed by atoms with van der Waals surface area (Å²) in [6.45, 7) is 0.602. The molecule has 1 saturated heterocycles.